The van der Waals surface area contributed by atoms with Crippen molar-refractivity contribution < 1.29 is 4.52 Å². The van der Waals surface area contributed by atoms with Crippen LogP contribution in [0.15, 0.2) is 10.6 Å². The highest BCUT2D eigenvalue weighted by atomic mass is 16.5. The van der Waals surface area contributed by atoms with Crippen LogP contribution in [0, 0.1) is 6.92 Å². The molecule has 60 valence electrons. The van der Waals surface area contributed by atoms with Gasteiger partial charge < -0.3 is 4.52 Å². The molecule has 0 saturated heterocycles. The molecule has 1 heterocycles. The fraction of sp³-hybridized carbons (Fsp3) is 0.667. The van der Waals surface area contributed by atoms with E-state index in [-0.39, 0.29) is 0 Å². The molecule has 0 radical (unpaired) electrons. The van der Waals surface area contributed by atoms with Gasteiger partial charge in [0.15, 0.2) is 0 Å². The van der Waals surface area contributed by atoms with Crippen molar-refractivity contribution in [3.8, 4) is 0 Å². The van der Waals surface area contributed by atoms with Gasteiger partial charge in [-0.25, -0.2) is 0 Å². The fourth-order valence-corrected chi connectivity index (χ4v) is 1.79. The molecule has 0 aromatic carbocycles. The second kappa shape index (κ2) is 2.68. The molecule has 1 aliphatic rings. The van der Waals surface area contributed by atoms with Gasteiger partial charge in [0.1, 0.15) is 5.76 Å². The highest BCUT2D eigenvalue weighted by Crippen LogP contribution is 2.33. The first kappa shape index (κ1) is 6.89. The topological polar surface area (TPSA) is 26.0 Å². The lowest BCUT2D eigenvalue weighted by Gasteiger charge is -2.00. The van der Waals surface area contributed by atoms with Gasteiger partial charge in [0, 0.05) is 12.0 Å². The molecule has 1 aromatic heterocycles. The second-order valence-corrected chi connectivity index (χ2v) is 3.35. The minimum Gasteiger partial charge on any atom is -0.361 e. The largest absolute Gasteiger partial charge is 0.361 e. The third-order valence-electron chi connectivity index (χ3n) is 2.40. The van der Waals surface area contributed by atoms with Gasteiger partial charge >= 0.3 is 0 Å². The van der Waals surface area contributed by atoms with E-state index in [1.165, 1.54) is 25.7 Å². The Morgan fingerprint density at radius 2 is 2.18 bits per heavy atom. The van der Waals surface area contributed by atoms with E-state index in [2.05, 4.69) is 11.2 Å². The van der Waals surface area contributed by atoms with Gasteiger partial charge in [-0.3, -0.25) is 0 Å². The highest BCUT2D eigenvalue weighted by molar-refractivity contribution is 5.09. The maximum atomic E-state index is 5.20. The van der Waals surface area contributed by atoms with Gasteiger partial charge in [-0.2, -0.15) is 0 Å². The van der Waals surface area contributed by atoms with Crippen molar-refractivity contribution in [2.45, 2.75) is 38.5 Å². The van der Waals surface area contributed by atoms with Crippen LogP contribution in [0.2, 0.25) is 0 Å². The Bertz CT molecular complexity index is 235. The highest BCUT2D eigenvalue weighted by Gasteiger charge is 2.20. The average molecular weight is 151 g/mol. The van der Waals surface area contributed by atoms with E-state index in [1.807, 2.05) is 6.92 Å². The van der Waals surface area contributed by atoms with E-state index >= 15 is 0 Å². The molecule has 0 bridgehead atoms. The van der Waals surface area contributed by atoms with E-state index in [1.54, 1.807) is 0 Å². The monoisotopic (exact) mass is 151 g/mol. The second-order valence-electron chi connectivity index (χ2n) is 3.35. The molecule has 2 heteroatoms. The Labute approximate surface area is 66.6 Å². The van der Waals surface area contributed by atoms with E-state index in [0.717, 1.165) is 11.5 Å². The zero-order valence-corrected chi connectivity index (χ0v) is 6.84. The molecule has 11 heavy (non-hydrogen) atoms. The third kappa shape index (κ3) is 1.30. The molecule has 2 rings (SSSR count). The number of aromatic nitrogens is 1. The van der Waals surface area contributed by atoms with Crippen LogP contribution in [0.4, 0.5) is 0 Å². The summed E-state index contributed by atoms with van der Waals surface area (Å²) in [6.45, 7) is 1.97. The van der Waals surface area contributed by atoms with Crippen LogP contribution in [0.3, 0.4) is 0 Å². The smallest absolute Gasteiger partial charge is 0.140 e. The summed E-state index contributed by atoms with van der Waals surface area (Å²) in [5.74, 6) is 1.76. The lowest BCUT2D eigenvalue weighted by atomic mass is 10.1. The molecule has 1 aromatic rings. The summed E-state index contributed by atoms with van der Waals surface area (Å²) in [5.41, 5.74) is 1.01. The Kier molecular flexibility index (Phi) is 1.68. The maximum absolute atomic E-state index is 5.20. The Hall–Kier alpha value is -0.790. The summed E-state index contributed by atoms with van der Waals surface area (Å²) < 4.78 is 5.20. The molecule has 0 aliphatic heterocycles. The van der Waals surface area contributed by atoms with Crippen LogP contribution in [0.5, 0.6) is 0 Å². The summed E-state index contributed by atoms with van der Waals surface area (Å²) >= 11 is 0. The van der Waals surface area contributed by atoms with Gasteiger partial charge in [-0.05, 0) is 19.8 Å². The summed E-state index contributed by atoms with van der Waals surface area (Å²) in [6.07, 6.45) is 5.28. The van der Waals surface area contributed by atoms with E-state index in [0.29, 0.717) is 5.92 Å². The van der Waals surface area contributed by atoms with E-state index < -0.39 is 0 Å². The molecule has 0 spiro atoms. The van der Waals surface area contributed by atoms with Crippen molar-refractivity contribution >= 4 is 0 Å². The summed E-state index contributed by atoms with van der Waals surface area (Å²) in [7, 11) is 0. The van der Waals surface area contributed by atoms with Gasteiger partial charge in [0.2, 0.25) is 0 Å². The SMILES string of the molecule is Cc1cc(C2CCCC2)on1. The fourth-order valence-electron chi connectivity index (χ4n) is 1.79. The van der Waals surface area contributed by atoms with Gasteiger partial charge in [0.25, 0.3) is 0 Å². The molecule has 1 saturated carbocycles. The number of aryl methyl sites for hydroxylation is 1. The number of hydrogen-bond acceptors (Lipinski definition) is 2. The van der Waals surface area contributed by atoms with Crippen LogP contribution >= 0.6 is 0 Å². The van der Waals surface area contributed by atoms with E-state index in [9.17, 15) is 0 Å². The zero-order chi connectivity index (χ0) is 7.68. The summed E-state index contributed by atoms with van der Waals surface area (Å²) in [5, 5.41) is 3.89. The van der Waals surface area contributed by atoms with Crippen molar-refractivity contribution in [1.29, 1.82) is 0 Å². The minimum absolute atomic E-state index is 0.663. The van der Waals surface area contributed by atoms with Gasteiger partial charge in [-0.1, -0.05) is 18.0 Å². The summed E-state index contributed by atoms with van der Waals surface area (Å²) in [4.78, 5) is 0. The molecule has 0 unspecified atom stereocenters. The third-order valence-corrected chi connectivity index (χ3v) is 2.40. The first-order valence-electron chi connectivity index (χ1n) is 4.29. The van der Waals surface area contributed by atoms with Crippen molar-refractivity contribution in [3.63, 3.8) is 0 Å². The molecule has 2 nitrogen and oxygen atoms in total. The number of rotatable bonds is 1. The predicted molar refractivity (Wildman–Crippen MR) is 42.4 cm³/mol. The van der Waals surface area contributed by atoms with Gasteiger partial charge in [-0.15, -0.1) is 0 Å². The van der Waals surface area contributed by atoms with Crippen LogP contribution in [0.25, 0.3) is 0 Å². The quantitative estimate of drug-likeness (QED) is 0.616. The molecular formula is C9H13NO. The van der Waals surface area contributed by atoms with E-state index in [4.69, 9.17) is 4.52 Å². The normalized spacial score (nSPS) is 19.4. The molecule has 1 fully saturated rings. The number of hydrogen-bond donors (Lipinski definition) is 0. The van der Waals surface area contributed by atoms with Crippen molar-refractivity contribution in [2.24, 2.45) is 0 Å². The standard InChI is InChI=1S/C9H13NO/c1-7-6-9(11-10-7)8-4-2-3-5-8/h6,8H,2-5H2,1H3. The molecule has 0 N–H and O–H groups in total. The maximum Gasteiger partial charge on any atom is 0.140 e. The Morgan fingerprint density at radius 1 is 1.45 bits per heavy atom. The van der Waals surface area contributed by atoms with Crippen LogP contribution in [-0.4, -0.2) is 5.16 Å². The first-order chi connectivity index (χ1) is 5.36. The van der Waals surface area contributed by atoms with Gasteiger partial charge in [0.05, 0.1) is 5.69 Å². The Morgan fingerprint density at radius 3 is 2.73 bits per heavy atom. The molecule has 1 aliphatic carbocycles. The number of nitrogens with zero attached hydrogens (tertiary/aromatic N) is 1. The average Bonchev–Trinajstić information content (AvgIpc) is 2.55. The summed E-state index contributed by atoms with van der Waals surface area (Å²) in [6, 6.07) is 2.07. The van der Waals surface area contributed by atoms with Crippen LogP contribution in [0.1, 0.15) is 43.1 Å². The Balaban J connectivity index is 2.15. The van der Waals surface area contributed by atoms with Crippen molar-refractivity contribution in [2.75, 3.05) is 0 Å². The molecular weight excluding hydrogens is 138 g/mol. The molecule has 0 amide bonds. The first-order valence-corrected chi connectivity index (χ1v) is 4.29. The van der Waals surface area contributed by atoms with Crippen LogP contribution in [-0.2, 0) is 0 Å². The zero-order valence-electron chi connectivity index (χ0n) is 6.84. The predicted octanol–water partition coefficient (Wildman–Crippen LogP) is 2.64. The minimum atomic E-state index is 0.663. The lowest BCUT2D eigenvalue weighted by Crippen LogP contribution is -1.87. The van der Waals surface area contributed by atoms with Crippen molar-refractivity contribution in [3.05, 3.63) is 17.5 Å². The lowest BCUT2D eigenvalue weighted by molar-refractivity contribution is 0.358. The van der Waals surface area contributed by atoms with Crippen LogP contribution < -0.4 is 0 Å². The molecule has 0 atom stereocenters. The van der Waals surface area contributed by atoms with Crippen molar-refractivity contribution in [1.82, 2.24) is 5.16 Å².